The smallest absolute Gasteiger partial charge is 0.267 e. The maximum atomic E-state index is 10.8. The van der Waals surface area contributed by atoms with Gasteiger partial charge in [0.25, 0.3) is 5.91 Å². The molecule has 17 heavy (non-hydrogen) atoms. The molecule has 1 amide bonds. The number of piperidine rings is 1. The van der Waals surface area contributed by atoms with Gasteiger partial charge in [-0.15, -0.1) is 12.4 Å². The number of hydrogen-bond acceptors (Lipinski definition) is 4. The van der Waals surface area contributed by atoms with E-state index in [-0.39, 0.29) is 24.2 Å². The first kappa shape index (κ1) is 13.7. The van der Waals surface area contributed by atoms with Crippen molar-refractivity contribution < 1.29 is 9.53 Å². The molecule has 6 heteroatoms. The first-order valence-corrected chi connectivity index (χ1v) is 5.39. The van der Waals surface area contributed by atoms with Crippen LogP contribution in [0, 0.1) is 0 Å². The summed E-state index contributed by atoms with van der Waals surface area (Å²) in [7, 11) is 0. The number of pyridine rings is 1. The Labute approximate surface area is 106 Å². The van der Waals surface area contributed by atoms with Crippen LogP contribution in [0.5, 0.6) is 5.75 Å². The van der Waals surface area contributed by atoms with E-state index in [1.165, 1.54) is 0 Å². The van der Waals surface area contributed by atoms with E-state index >= 15 is 0 Å². The highest BCUT2D eigenvalue weighted by molar-refractivity contribution is 5.90. The number of amides is 1. The molecular weight excluding hydrogens is 242 g/mol. The van der Waals surface area contributed by atoms with Crippen LogP contribution < -0.4 is 15.8 Å². The van der Waals surface area contributed by atoms with Crippen LogP contribution in [0.3, 0.4) is 0 Å². The van der Waals surface area contributed by atoms with E-state index in [2.05, 4.69) is 10.3 Å². The number of halogens is 1. The Kier molecular flexibility index (Phi) is 5.18. The van der Waals surface area contributed by atoms with Gasteiger partial charge in [0, 0.05) is 0 Å². The SMILES string of the molecule is Cl.NC(=O)c1ccc(OC2CCNCC2)cn1. The maximum absolute atomic E-state index is 10.8. The lowest BCUT2D eigenvalue weighted by Gasteiger charge is -2.23. The fourth-order valence-corrected chi connectivity index (χ4v) is 1.70. The van der Waals surface area contributed by atoms with E-state index in [0.29, 0.717) is 5.75 Å². The Morgan fingerprint density at radius 2 is 2.12 bits per heavy atom. The van der Waals surface area contributed by atoms with E-state index in [4.69, 9.17) is 10.5 Å². The van der Waals surface area contributed by atoms with Crippen LogP contribution >= 0.6 is 12.4 Å². The molecule has 1 aromatic rings. The van der Waals surface area contributed by atoms with Crippen molar-refractivity contribution in [3.8, 4) is 5.75 Å². The standard InChI is InChI=1S/C11H15N3O2.ClH/c12-11(15)10-2-1-9(7-14-10)16-8-3-5-13-6-4-8;/h1-2,7-8,13H,3-6H2,(H2,12,15);1H. The summed E-state index contributed by atoms with van der Waals surface area (Å²) in [4.78, 5) is 14.7. The van der Waals surface area contributed by atoms with E-state index in [0.717, 1.165) is 25.9 Å². The Morgan fingerprint density at radius 1 is 1.41 bits per heavy atom. The van der Waals surface area contributed by atoms with Gasteiger partial charge in [0.15, 0.2) is 0 Å². The van der Waals surface area contributed by atoms with Crippen LogP contribution in [0.1, 0.15) is 23.3 Å². The number of nitrogens with zero attached hydrogens (tertiary/aromatic N) is 1. The number of hydrogen-bond donors (Lipinski definition) is 2. The second kappa shape index (κ2) is 6.42. The van der Waals surface area contributed by atoms with Crippen molar-refractivity contribution in [2.45, 2.75) is 18.9 Å². The third kappa shape index (κ3) is 3.87. The minimum Gasteiger partial charge on any atom is -0.489 e. The number of carbonyl (C=O) groups is 1. The fraction of sp³-hybridized carbons (Fsp3) is 0.455. The topological polar surface area (TPSA) is 77.2 Å². The third-order valence-electron chi connectivity index (χ3n) is 2.58. The summed E-state index contributed by atoms with van der Waals surface area (Å²) in [6.45, 7) is 1.97. The first-order valence-electron chi connectivity index (χ1n) is 5.39. The summed E-state index contributed by atoms with van der Waals surface area (Å²) >= 11 is 0. The average Bonchev–Trinajstić information content (AvgIpc) is 2.31. The lowest BCUT2D eigenvalue weighted by molar-refractivity contribution is 0.0995. The minimum absolute atomic E-state index is 0. The largest absolute Gasteiger partial charge is 0.489 e. The zero-order valence-electron chi connectivity index (χ0n) is 9.39. The summed E-state index contributed by atoms with van der Waals surface area (Å²) in [5.41, 5.74) is 5.36. The Hall–Kier alpha value is -1.33. The van der Waals surface area contributed by atoms with Crippen molar-refractivity contribution in [3.63, 3.8) is 0 Å². The quantitative estimate of drug-likeness (QED) is 0.837. The fourth-order valence-electron chi connectivity index (χ4n) is 1.70. The van der Waals surface area contributed by atoms with Crippen LogP contribution in [0.2, 0.25) is 0 Å². The molecular formula is C11H16ClN3O2. The molecule has 1 aliphatic heterocycles. The predicted molar refractivity (Wildman–Crippen MR) is 66.5 cm³/mol. The molecule has 5 nitrogen and oxygen atoms in total. The van der Waals surface area contributed by atoms with E-state index in [9.17, 15) is 4.79 Å². The molecule has 0 saturated carbocycles. The molecule has 0 unspecified atom stereocenters. The molecule has 1 aliphatic rings. The van der Waals surface area contributed by atoms with Crippen LogP contribution in [0.15, 0.2) is 18.3 Å². The number of carbonyl (C=O) groups excluding carboxylic acids is 1. The zero-order valence-corrected chi connectivity index (χ0v) is 10.2. The number of aromatic nitrogens is 1. The van der Waals surface area contributed by atoms with Crippen molar-refractivity contribution in [2.24, 2.45) is 5.73 Å². The summed E-state index contributed by atoms with van der Waals surface area (Å²) in [6.07, 6.45) is 3.78. The highest BCUT2D eigenvalue weighted by Gasteiger charge is 2.14. The molecule has 0 spiro atoms. The zero-order chi connectivity index (χ0) is 11.4. The molecule has 1 fully saturated rings. The molecule has 0 atom stereocenters. The predicted octanol–water partition coefficient (Wildman–Crippen LogP) is 0.733. The van der Waals surface area contributed by atoms with Crippen LogP contribution in [0.25, 0.3) is 0 Å². The van der Waals surface area contributed by atoms with Gasteiger partial charge >= 0.3 is 0 Å². The second-order valence-electron chi connectivity index (χ2n) is 3.81. The maximum Gasteiger partial charge on any atom is 0.267 e. The van der Waals surface area contributed by atoms with Gasteiger partial charge in [0.1, 0.15) is 17.5 Å². The second-order valence-corrected chi connectivity index (χ2v) is 3.81. The molecule has 1 aromatic heterocycles. The molecule has 2 rings (SSSR count). The van der Waals surface area contributed by atoms with Gasteiger partial charge in [-0.25, -0.2) is 4.98 Å². The van der Waals surface area contributed by atoms with E-state index in [1.54, 1.807) is 18.3 Å². The number of rotatable bonds is 3. The van der Waals surface area contributed by atoms with Gasteiger partial charge < -0.3 is 15.8 Å². The molecule has 0 bridgehead atoms. The highest BCUT2D eigenvalue weighted by atomic mass is 35.5. The third-order valence-corrected chi connectivity index (χ3v) is 2.58. The van der Waals surface area contributed by atoms with Gasteiger partial charge in [-0.2, -0.15) is 0 Å². The van der Waals surface area contributed by atoms with Gasteiger partial charge in [0.05, 0.1) is 6.20 Å². The van der Waals surface area contributed by atoms with Crippen LogP contribution in [-0.4, -0.2) is 30.1 Å². The summed E-state index contributed by atoms with van der Waals surface area (Å²) < 4.78 is 5.74. The molecule has 0 aromatic carbocycles. The molecule has 1 saturated heterocycles. The highest BCUT2D eigenvalue weighted by Crippen LogP contribution is 2.15. The molecule has 0 radical (unpaired) electrons. The molecule has 2 heterocycles. The Bertz CT molecular complexity index is 363. The summed E-state index contributed by atoms with van der Waals surface area (Å²) in [5.74, 6) is 0.172. The van der Waals surface area contributed by atoms with Crippen molar-refractivity contribution in [2.75, 3.05) is 13.1 Å². The summed E-state index contributed by atoms with van der Waals surface area (Å²) in [5, 5.41) is 3.27. The monoisotopic (exact) mass is 257 g/mol. The number of nitrogens with two attached hydrogens (primary N) is 1. The number of primary amides is 1. The van der Waals surface area contributed by atoms with Crippen molar-refractivity contribution >= 4 is 18.3 Å². The van der Waals surface area contributed by atoms with Gasteiger partial charge in [-0.1, -0.05) is 0 Å². The Morgan fingerprint density at radius 3 is 2.65 bits per heavy atom. The molecule has 0 aliphatic carbocycles. The average molecular weight is 258 g/mol. The minimum atomic E-state index is -0.520. The van der Waals surface area contributed by atoms with E-state index in [1.807, 2.05) is 0 Å². The van der Waals surface area contributed by atoms with Crippen LogP contribution in [0.4, 0.5) is 0 Å². The number of nitrogens with one attached hydrogen (secondary N) is 1. The van der Waals surface area contributed by atoms with Crippen molar-refractivity contribution in [3.05, 3.63) is 24.0 Å². The normalized spacial score (nSPS) is 16.0. The molecule has 94 valence electrons. The van der Waals surface area contributed by atoms with Gasteiger partial charge in [0.2, 0.25) is 0 Å². The Balaban J connectivity index is 0.00000144. The number of ether oxygens (including phenoxy) is 1. The van der Waals surface area contributed by atoms with Crippen molar-refractivity contribution in [1.29, 1.82) is 0 Å². The molecule has 3 N–H and O–H groups in total. The lowest BCUT2D eigenvalue weighted by atomic mass is 10.1. The lowest BCUT2D eigenvalue weighted by Crippen LogP contribution is -2.34. The summed E-state index contributed by atoms with van der Waals surface area (Å²) in [6, 6.07) is 3.31. The van der Waals surface area contributed by atoms with E-state index < -0.39 is 5.91 Å². The first-order chi connectivity index (χ1) is 7.75. The van der Waals surface area contributed by atoms with Gasteiger partial charge in [-0.3, -0.25) is 4.79 Å². The van der Waals surface area contributed by atoms with Crippen LogP contribution in [-0.2, 0) is 0 Å². The van der Waals surface area contributed by atoms with Gasteiger partial charge in [-0.05, 0) is 38.1 Å². The van der Waals surface area contributed by atoms with Crippen molar-refractivity contribution in [1.82, 2.24) is 10.3 Å².